The summed E-state index contributed by atoms with van der Waals surface area (Å²) < 4.78 is 0. The molecule has 0 saturated carbocycles. The number of rotatable bonds is 7. The zero-order valence-corrected chi connectivity index (χ0v) is 34.0. The number of aryl methyl sites for hydroxylation is 1. The third-order valence-corrected chi connectivity index (χ3v) is 10.9. The van der Waals surface area contributed by atoms with Gasteiger partial charge in [-0.1, -0.05) is 166 Å². The van der Waals surface area contributed by atoms with E-state index in [1.165, 1.54) is 55.2 Å². The molecule has 0 atom stereocenters. The van der Waals surface area contributed by atoms with Crippen molar-refractivity contribution in [2.45, 2.75) is 91.9 Å². The van der Waals surface area contributed by atoms with Crippen molar-refractivity contribution in [3.63, 3.8) is 0 Å². The number of nitrogens with zero attached hydrogens (tertiary/aromatic N) is 2. The van der Waals surface area contributed by atoms with E-state index in [-0.39, 0.29) is 16.2 Å². The van der Waals surface area contributed by atoms with Gasteiger partial charge in [-0.15, -0.1) is 0 Å². The van der Waals surface area contributed by atoms with Gasteiger partial charge in [-0.2, -0.15) is 0 Å². The summed E-state index contributed by atoms with van der Waals surface area (Å²) in [5, 5.41) is 4.81. The van der Waals surface area contributed by atoms with Crippen molar-refractivity contribution < 1.29 is 0 Å². The van der Waals surface area contributed by atoms with Crippen LogP contribution in [-0.2, 0) is 22.7 Å². The first kappa shape index (κ1) is 37.0. The standard InChI is InChI=1S/C52H56N2/c1-11-36-20-28-40(29-21-36)53(41-30-22-37(23-31-41)50(2,3)4)48-44-16-12-14-18-46(44)49(47-19-15-13-17-45(47)48)54(42-32-24-38(25-33-42)51(5,6)7)43-34-26-39(27-35-43)52(8,9)10/h12-35H,11H2,1-10H3. The predicted molar refractivity (Wildman–Crippen MR) is 236 cm³/mol. The van der Waals surface area contributed by atoms with E-state index in [1.54, 1.807) is 0 Å². The molecule has 54 heavy (non-hydrogen) atoms. The van der Waals surface area contributed by atoms with Gasteiger partial charge in [0.15, 0.2) is 0 Å². The summed E-state index contributed by atoms with van der Waals surface area (Å²) >= 11 is 0. The third-order valence-electron chi connectivity index (χ3n) is 10.9. The average Bonchev–Trinajstić information content (AvgIpc) is 3.15. The van der Waals surface area contributed by atoms with Crippen LogP contribution in [0.5, 0.6) is 0 Å². The molecule has 2 heteroatoms. The van der Waals surface area contributed by atoms with Gasteiger partial charge in [0.25, 0.3) is 0 Å². The van der Waals surface area contributed by atoms with Gasteiger partial charge in [0, 0.05) is 44.3 Å². The smallest absolute Gasteiger partial charge is 0.0619 e. The van der Waals surface area contributed by atoms with E-state index in [1.807, 2.05) is 0 Å². The zero-order valence-electron chi connectivity index (χ0n) is 34.0. The topological polar surface area (TPSA) is 6.48 Å². The van der Waals surface area contributed by atoms with Crippen LogP contribution in [0.4, 0.5) is 34.1 Å². The summed E-state index contributed by atoms with van der Waals surface area (Å²) in [6, 6.07) is 54.7. The van der Waals surface area contributed by atoms with Gasteiger partial charge in [-0.25, -0.2) is 0 Å². The highest BCUT2D eigenvalue weighted by Crippen LogP contribution is 2.51. The van der Waals surface area contributed by atoms with Crippen molar-refractivity contribution in [2.24, 2.45) is 0 Å². The van der Waals surface area contributed by atoms with Gasteiger partial charge in [0.2, 0.25) is 0 Å². The number of anilines is 6. The Morgan fingerprint density at radius 1 is 0.333 bits per heavy atom. The van der Waals surface area contributed by atoms with Crippen molar-refractivity contribution in [1.82, 2.24) is 0 Å². The minimum Gasteiger partial charge on any atom is -0.309 e. The first-order chi connectivity index (χ1) is 25.6. The molecule has 0 amide bonds. The molecular weight excluding hydrogens is 653 g/mol. The van der Waals surface area contributed by atoms with Crippen molar-refractivity contribution in [3.05, 3.63) is 168 Å². The first-order valence-electron chi connectivity index (χ1n) is 19.6. The summed E-state index contributed by atoms with van der Waals surface area (Å²) in [6.45, 7) is 22.7. The quantitative estimate of drug-likeness (QED) is 0.120. The van der Waals surface area contributed by atoms with Crippen LogP contribution in [0.3, 0.4) is 0 Å². The summed E-state index contributed by atoms with van der Waals surface area (Å²) in [5.74, 6) is 0. The van der Waals surface area contributed by atoms with Gasteiger partial charge in [-0.05, 0) is 93.5 Å². The summed E-state index contributed by atoms with van der Waals surface area (Å²) in [6.07, 6.45) is 1.00. The lowest BCUT2D eigenvalue weighted by atomic mass is 9.86. The van der Waals surface area contributed by atoms with Gasteiger partial charge < -0.3 is 9.80 Å². The normalized spacial score (nSPS) is 12.3. The SMILES string of the molecule is CCc1ccc(N(c2ccc(C(C)(C)C)cc2)c2c3ccccc3c(N(c3ccc(C(C)(C)C)cc3)c3ccc(C(C)(C)C)cc3)c3ccccc23)cc1. The van der Waals surface area contributed by atoms with Crippen molar-refractivity contribution >= 4 is 55.7 Å². The molecule has 0 bridgehead atoms. The fourth-order valence-electron chi connectivity index (χ4n) is 7.59. The predicted octanol–water partition coefficient (Wildman–Crippen LogP) is 15.4. The number of hydrogen-bond donors (Lipinski definition) is 0. The number of fused-ring (bicyclic) bond motifs is 2. The molecule has 0 aliphatic carbocycles. The molecular formula is C52H56N2. The van der Waals surface area contributed by atoms with Gasteiger partial charge in [-0.3, -0.25) is 0 Å². The van der Waals surface area contributed by atoms with Crippen LogP contribution in [0.1, 0.15) is 91.5 Å². The second-order valence-electron chi connectivity index (χ2n) is 17.9. The molecule has 0 saturated heterocycles. The molecule has 0 heterocycles. The van der Waals surface area contributed by atoms with Crippen LogP contribution in [0.15, 0.2) is 146 Å². The Kier molecular flexibility index (Phi) is 9.69. The second-order valence-corrected chi connectivity index (χ2v) is 17.9. The molecule has 0 aliphatic heterocycles. The van der Waals surface area contributed by atoms with Crippen LogP contribution in [-0.4, -0.2) is 0 Å². The molecule has 7 aromatic carbocycles. The maximum atomic E-state index is 2.48. The van der Waals surface area contributed by atoms with Crippen molar-refractivity contribution in [1.29, 1.82) is 0 Å². The van der Waals surface area contributed by atoms with Crippen LogP contribution >= 0.6 is 0 Å². The van der Waals surface area contributed by atoms with E-state index in [4.69, 9.17) is 0 Å². The molecule has 274 valence electrons. The van der Waals surface area contributed by atoms with E-state index in [0.29, 0.717) is 0 Å². The highest BCUT2D eigenvalue weighted by molar-refractivity contribution is 6.23. The van der Waals surface area contributed by atoms with Gasteiger partial charge >= 0.3 is 0 Å². The van der Waals surface area contributed by atoms with E-state index < -0.39 is 0 Å². The molecule has 7 aromatic rings. The molecule has 0 spiro atoms. The molecule has 2 nitrogen and oxygen atoms in total. The van der Waals surface area contributed by atoms with Crippen LogP contribution in [0, 0.1) is 0 Å². The van der Waals surface area contributed by atoms with Gasteiger partial charge in [0.05, 0.1) is 11.4 Å². The Morgan fingerprint density at radius 3 is 0.796 bits per heavy atom. The first-order valence-corrected chi connectivity index (χ1v) is 19.6. The maximum Gasteiger partial charge on any atom is 0.0619 e. The fraction of sp³-hybridized carbons (Fsp3) is 0.269. The minimum absolute atomic E-state index is 0.0582. The van der Waals surface area contributed by atoms with E-state index in [0.717, 1.165) is 29.2 Å². The Hall–Kier alpha value is -5.34. The minimum atomic E-state index is 0.0582. The molecule has 0 aromatic heterocycles. The summed E-state index contributed by atoms with van der Waals surface area (Å²) in [7, 11) is 0. The highest BCUT2D eigenvalue weighted by atomic mass is 15.2. The lowest BCUT2D eigenvalue weighted by molar-refractivity contribution is 0.590. The monoisotopic (exact) mass is 708 g/mol. The molecule has 0 radical (unpaired) electrons. The number of benzene rings is 7. The Balaban J connectivity index is 1.55. The number of hydrogen-bond acceptors (Lipinski definition) is 2. The van der Waals surface area contributed by atoms with E-state index in [2.05, 4.69) is 225 Å². The average molecular weight is 709 g/mol. The van der Waals surface area contributed by atoms with Crippen LogP contribution < -0.4 is 9.80 Å². The largest absolute Gasteiger partial charge is 0.309 e. The van der Waals surface area contributed by atoms with Crippen LogP contribution in [0.25, 0.3) is 21.5 Å². The third kappa shape index (κ3) is 7.15. The Bertz CT molecular complexity index is 2260. The Morgan fingerprint density at radius 2 is 0.574 bits per heavy atom. The molecule has 0 N–H and O–H groups in total. The Labute approximate surface area is 324 Å². The van der Waals surface area contributed by atoms with Crippen molar-refractivity contribution in [2.75, 3.05) is 9.80 Å². The second kappa shape index (κ2) is 14.1. The van der Waals surface area contributed by atoms with Crippen molar-refractivity contribution in [3.8, 4) is 0 Å². The van der Waals surface area contributed by atoms with E-state index >= 15 is 0 Å². The lowest BCUT2D eigenvalue weighted by Gasteiger charge is -2.33. The van der Waals surface area contributed by atoms with Crippen LogP contribution in [0.2, 0.25) is 0 Å². The van der Waals surface area contributed by atoms with Gasteiger partial charge in [0.1, 0.15) is 0 Å². The maximum absolute atomic E-state index is 2.48. The van der Waals surface area contributed by atoms with E-state index in [9.17, 15) is 0 Å². The molecule has 0 fully saturated rings. The molecule has 7 rings (SSSR count). The highest BCUT2D eigenvalue weighted by Gasteiger charge is 2.26. The fourth-order valence-corrected chi connectivity index (χ4v) is 7.59. The molecule has 0 unspecified atom stereocenters. The zero-order chi connectivity index (χ0) is 38.4. The molecule has 0 aliphatic rings. The lowest BCUT2D eigenvalue weighted by Crippen LogP contribution is -2.16. The summed E-state index contributed by atoms with van der Waals surface area (Å²) in [5.41, 5.74) is 12.4. The summed E-state index contributed by atoms with van der Waals surface area (Å²) in [4.78, 5) is 4.95.